The summed E-state index contributed by atoms with van der Waals surface area (Å²) in [7, 11) is 0. The molecular weight excluding hydrogens is 176 g/mol. The molecule has 0 aromatic rings. The van der Waals surface area contributed by atoms with Gasteiger partial charge in [-0.3, -0.25) is 0 Å². The van der Waals surface area contributed by atoms with E-state index in [0.717, 1.165) is 12.8 Å². The zero-order chi connectivity index (χ0) is 10.7. The van der Waals surface area contributed by atoms with Crippen molar-refractivity contribution in [1.29, 1.82) is 0 Å². The van der Waals surface area contributed by atoms with Crippen LogP contribution in [-0.4, -0.2) is 23.9 Å². The molecule has 0 spiro atoms. The maximum absolute atomic E-state index is 9.46. The van der Waals surface area contributed by atoms with E-state index < -0.39 is 0 Å². The summed E-state index contributed by atoms with van der Waals surface area (Å²) in [6.07, 6.45) is 6.05. The Bertz CT molecular complexity index is 164. The first-order valence-electron chi connectivity index (χ1n) is 5.72. The molecule has 1 rings (SSSR count). The lowest BCUT2D eigenvalue weighted by Gasteiger charge is -2.37. The van der Waals surface area contributed by atoms with E-state index in [0.29, 0.717) is 6.61 Å². The molecule has 1 aliphatic carbocycles. The Morgan fingerprint density at radius 1 is 1.14 bits per heavy atom. The van der Waals surface area contributed by atoms with Crippen molar-refractivity contribution < 1.29 is 9.84 Å². The molecule has 0 radical (unpaired) electrons. The van der Waals surface area contributed by atoms with E-state index in [9.17, 15) is 5.11 Å². The van der Waals surface area contributed by atoms with Crippen LogP contribution >= 0.6 is 0 Å². The highest BCUT2D eigenvalue weighted by atomic mass is 16.5. The Morgan fingerprint density at radius 3 is 2.14 bits per heavy atom. The fourth-order valence-electron chi connectivity index (χ4n) is 2.02. The third kappa shape index (κ3) is 3.58. The number of hydrogen-bond acceptors (Lipinski definition) is 2. The van der Waals surface area contributed by atoms with Crippen LogP contribution in [-0.2, 0) is 4.74 Å². The van der Waals surface area contributed by atoms with Gasteiger partial charge in [0.25, 0.3) is 0 Å². The van der Waals surface area contributed by atoms with Crippen LogP contribution in [0.5, 0.6) is 0 Å². The SMILES string of the molecule is CC(C)(C)OCC1(CO)CCCCC1. The van der Waals surface area contributed by atoms with Gasteiger partial charge in [-0.05, 0) is 33.6 Å². The van der Waals surface area contributed by atoms with Crippen LogP contribution in [0.4, 0.5) is 0 Å². The van der Waals surface area contributed by atoms with Crippen molar-refractivity contribution in [2.45, 2.75) is 58.5 Å². The quantitative estimate of drug-likeness (QED) is 0.759. The molecule has 0 saturated heterocycles. The number of hydrogen-bond donors (Lipinski definition) is 1. The van der Waals surface area contributed by atoms with Crippen molar-refractivity contribution in [1.82, 2.24) is 0 Å². The molecule has 0 aliphatic heterocycles. The molecule has 14 heavy (non-hydrogen) atoms. The number of rotatable bonds is 3. The highest BCUT2D eigenvalue weighted by Gasteiger charge is 2.32. The van der Waals surface area contributed by atoms with Crippen molar-refractivity contribution in [3.63, 3.8) is 0 Å². The summed E-state index contributed by atoms with van der Waals surface area (Å²) >= 11 is 0. The van der Waals surface area contributed by atoms with Crippen LogP contribution in [0.15, 0.2) is 0 Å². The van der Waals surface area contributed by atoms with Crippen LogP contribution in [0.25, 0.3) is 0 Å². The molecule has 1 saturated carbocycles. The van der Waals surface area contributed by atoms with Crippen LogP contribution in [0.1, 0.15) is 52.9 Å². The normalized spacial score (nSPS) is 22.3. The highest BCUT2D eigenvalue weighted by molar-refractivity contribution is 4.82. The Hall–Kier alpha value is -0.0800. The minimum absolute atomic E-state index is 0.0610. The highest BCUT2D eigenvalue weighted by Crippen LogP contribution is 2.36. The lowest BCUT2D eigenvalue weighted by atomic mass is 9.75. The first kappa shape index (κ1) is 12.0. The van der Waals surface area contributed by atoms with Gasteiger partial charge in [-0.1, -0.05) is 19.3 Å². The molecule has 1 N–H and O–H groups in total. The summed E-state index contributed by atoms with van der Waals surface area (Å²) in [4.78, 5) is 0. The molecule has 84 valence electrons. The lowest BCUT2D eigenvalue weighted by molar-refractivity contribution is -0.0800. The maximum atomic E-state index is 9.46. The van der Waals surface area contributed by atoms with Crippen molar-refractivity contribution in [3.05, 3.63) is 0 Å². The van der Waals surface area contributed by atoms with E-state index in [1.807, 2.05) is 0 Å². The van der Waals surface area contributed by atoms with Gasteiger partial charge in [0, 0.05) is 5.41 Å². The molecule has 2 nitrogen and oxygen atoms in total. The largest absolute Gasteiger partial charge is 0.396 e. The first-order chi connectivity index (χ1) is 6.47. The summed E-state index contributed by atoms with van der Waals surface area (Å²) in [5.74, 6) is 0. The molecule has 2 heteroatoms. The Morgan fingerprint density at radius 2 is 1.71 bits per heavy atom. The second-order valence-electron chi connectivity index (χ2n) is 5.62. The molecule has 0 atom stereocenters. The summed E-state index contributed by atoms with van der Waals surface area (Å²) in [5.41, 5.74) is -0.0227. The fourth-order valence-corrected chi connectivity index (χ4v) is 2.02. The Balaban J connectivity index is 2.44. The van der Waals surface area contributed by atoms with E-state index in [-0.39, 0.29) is 17.6 Å². The monoisotopic (exact) mass is 200 g/mol. The summed E-state index contributed by atoms with van der Waals surface area (Å²) in [6, 6.07) is 0. The second kappa shape index (κ2) is 4.63. The molecule has 0 bridgehead atoms. The van der Waals surface area contributed by atoms with E-state index in [1.54, 1.807) is 0 Å². The minimum atomic E-state index is -0.0837. The molecule has 0 unspecified atom stereocenters. The molecule has 0 heterocycles. The van der Waals surface area contributed by atoms with Crippen molar-refractivity contribution in [3.8, 4) is 0 Å². The van der Waals surface area contributed by atoms with Gasteiger partial charge >= 0.3 is 0 Å². The third-order valence-electron chi connectivity index (χ3n) is 3.06. The summed E-state index contributed by atoms with van der Waals surface area (Å²) < 4.78 is 5.80. The topological polar surface area (TPSA) is 29.5 Å². The average molecular weight is 200 g/mol. The van der Waals surface area contributed by atoms with E-state index in [1.165, 1.54) is 19.3 Å². The molecule has 1 aliphatic rings. The standard InChI is InChI=1S/C12H24O2/c1-11(2,3)14-10-12(9-13)7-5-4-6-8-12/h13H,4-10H2,1-3H3. The first-order valence-corrected chi connectivity index (χ1v) is 5.72. The molecular formula is C12H24O2. The molecule has 0 amide bonds. The van der Waals surface area contributed by atoms with Crippen LogP contribution in [0, 0.1) is 5.41 Å². The van der Waals surface area contributed by atoms with Crippen LogP contribution in [0.3, 0.4) is 0 Å². The number of aliphatic hydroxyl groups excluding tert-OH is 1. The van der Waals surface area contributed by atoms with E-state index in [2.05, 4.69) is 20.8 Å². The van der Waals surface area contributed by atoms with E-state index in [4.69, 9.17) is 4.74 Å². The molecule has 0 aromatic carbocycles. The molecule has 1 fully saturated rings. The van der Waals surface area contributed by atoms with Crippen molar-refractivity contribution >= 4 is 0 Å². The zero-order valence-electron chi connectivity index (χ0n) is 9.81. The van der Waals surface area contributed by atoms with Gasteiger partial charge in [0.15, 0.2) is 0 Å². The lowest BCUT2D eigenvalue weighted by Crippen LogP contribution is -2.36. The fraction of sp³-hybridized carbons (Fsp3) is 1.00. The van der Waals surface area contributed by atoms with Crippen LogP contribution < -0.4 is 0 Å². The molecule has 0 aromatic heterocycles. The van der Waals surface area contributed by atoms with Gasteiger partial charge in [-0.15, -0.1) is 0 Å². The van der Waals surface area contributed by atoms with Gasteiger partial charge < -0.3 is 9.84 Å². The third-order valence-corrected chi connectivity index (χ3v) is 3.06. The van der Waals surface area contributed by atoms with Gasteiger partial charge in [-0.25, -0.2) is 0 Å². The van der Waals surface area contributed by atoms with Gasteiger partial charge in [0.1, 0.15) is 0 Å². The zero-order valence-corrected chi connectivity index (χ0v) is 9.81. The Kier molecular flexibility index (Phi) is 3.96. The smallest absolute Gasteiger partial charge is 0.0598 e. The predicted molar refractivity (Wildman–Crippen MR) is 58.3 cm³/mol. The second-order valence-corrected chi connectivity index (χ2v) is 5.62. The summed E-state index contributed by atoms with van der Waals surface area (Å²) in [6.45, 7) is 7.21. The Labute approximate surface area is 87.7 Å². The predicted octanol–water partition coefficient (Wildman–Crippen LogP) is 2.74. The van der Waals surface area contributed by atoms with Gasteiger partial charge in [-0.2, -0.15) is 0 Å². The van der Waals surface area contributed by atoms with Crippen LogP contribution in [0.2, 0.25) is 0 Å². The maximum Gasteiger partial charge on any atom is 0.0598 e. The van der Waals surface area contributed by atoms with Gasteiger partial charge in [0.05, 0.1) is 18.8 Å². The van der Waals surface area contributed by atoms with Crippen molar-refractivity contribution in [2.24, 2.45) is 5.41 Å². The van der Waals surface area contributed by atoms with Crippen molar-refractivity contribution in [2.75, 3.05) is 13.2 Å². The number of ether oxygens (including phenoxy) is 1. The average Bonchev–Trinajstić information content (AvgIpc) is 2.15. The minimum Gasteiger partial charge on any atom is -0.396 e. The van der Waals surface area contributed by atoms with Gasteiger partial charge in [0.2, 0.25) is 0 Å². The summed E-state index contributed by atoms with van der Waals surface area (Å²) in [5, 5.41) is 9.46. The van der Waals surface area contributed by atoms with E-state index >= 15 is 0 Å². The number of aliphatic hydroxyl groups is 1.